The molecule has 0 amide bonds. The van der Waals surface area contributed by atoms with Crippen molar-refractivity contribution in [3.05, 3.63) is 35.5 Å². The summed E-state index contributed by atoms with van der Waals surface area (Å²) < 4.78 is 2.42. The van der Waals surface area contributed by atoms with Crippen molar-refractivity contribution in [3.8, 4) is 0 Å². The van der Waals surface area contributed by atoms with Crippen molar-refractivity contribution in [2.75, 3.05) is 18.0 Å². The lowest BCUT2D eigenvalue weighted by molar-refractivity contribution is 0.270. The third-order valence-corrected chi connectivity index (χ3v) is 6.90. The molecular weight excluding hydrogens is 342 g/mol. The Labute approximate surface area is 158 Å². The zero-order valence-electron chi connectivity index (χ0n) is 15.3. The van der Waals surface area contributed by atoms with Crippen LogP contribution in [0.2, 0.25) is 0 Å². The molecule has 0 unspecified atom stereocenters. The molecule has 0 N–H and O–H groups in total. The number of nitrogens with zero attached hydrogens (tertiary/aromatic N) is 5. The van der Waals surface area contributed by atoms with E-state index in [0.717, 1.165) is 36.2 Å². The molecule has 1 aliphatic heterocycles. The Morgan fingerprint density at radius 1 is 1.15 bits per heavy atom. The van der Waals surface area contributed by atoms with Crippen molar-refractivity contribution in [2.45, 2.75) is 51.5 Å². The number of aryl methyl sites for hydroxylation is 1. The summed E-state index contributed by atoms with van der Waals surface area (Å²) >= 11 is 1.75. The topological polar surface area (TPSA) is 46.8 Å². The average Bonchev–Trinajstić information content (AvgIpc) is 3.23. The molecule has 5 nitrogen and oxygen atoms in total. The van der Waals surface area contributed by atoms with E-state index < -0.39 is 0 Å². The van der Waals surface area contributed by atoms with Gasteiger partial charge in [0, 0.05) is 42.8 Å². The van der Waals surface area contributed by atoms with E-state index in [1.54, 1.807) is 17.7 Å². The second-order valence-corrected chi connectivity index (χ2v) is 9.03. The van der Waals surface area contributed by atoms with Crippen molar-refractivity contribution < 1.29 is 0 Å². The largest absolute Gasteiger partial charge is 0.355 e. The Hall–Kier alpha value is -1.95. The van der Waals surface area contributed by atoms with Gasteiger partial charge in [0.15, 0.2) is 0 Å². The van der Waals surface area contributed by atoms with Gasteiger partial charge in [-0.2, -0.15) is 0 Å². The number of fused-ring (bicyclic) bond motifs is 1. The molecule has 136 valence electrons. The Morgan fingerprint density at radius 3 is 2.92 bits per heavy atom. The molecule has 5 rings (SSSR count). The van der Waals surface area contributed by atoms with E-state index in [2.05, 4.69) is 38.6 Å². The first-order valence-electron chi connectivity index (χ1n) is 9.75. The zero-order valence-corrected chi connectivity index (χ0v) is 16.1. The van der Waals surface area contributed by atoms with Gasteiger partial charge in [-0.1, -0.05) is 6.42 Å². The van der Waals surface area contributed by atoms with E-state index in [1.807, 2.05) is 6.20 Å². The molecule has 1 saturated carbocycles. The van der Waals surface area contributed by atoms with Gasteiger partial charge in [0.25, 0.3) is 0 Å². The highest BCUT2D eigenvalue weighted by atomic mass is 32.1. The number of hydrogen-bond acceptors (Lipinski definition) is 5. The summed E-state index contributed by atoms with van der Waals surface area (Å²) in [6, 6.07) is 2.23. The van der Waals surface area contributed by atoms with Gasteiger partial charge < -0.3 is 9.47 Å². The van der Waals surface area contributed by atoms with Crippen LogP contribution in [0.25, 0.3) is 10.2 Å². The number of thiophene rings is 1. The summed E-state index contributed by atoms with van der Waals surface area (Å²) in [5.41, 5.74) is 0. The first kappa shape index (κ1) is 16.2. The first-order valence-corrected chi connectivity index (χ1v) is 10.6. The molecule has 6 heteroatoms. The number of hydrogen-bond donors (Lipinski definition) is 0. The fraction of sp³-hybridized carbons (Fsp3) is 0.550. The molecule has 1 saturated heterocycles. The Balaban J connectivity index is 1.40. The lowest BCUT2D eigenvalue weighted by atomic mass is 9.85. The van der Waals surface area contributed by atoms with Gasteiger partial charge in [-0.05, 0) is 44.6 Å². The standard InChI is InChI=1S/C20H25N5S/c1-14-10-17-19(22-13-23-20(17)26-14)24-8-3-6-16(12-24)18-21-7-9-25(18)11-15-4-2-5-15/h7,9-10,13,15-16H,2-6,8,11-12H2,1H3/t16-/m1/s1. The van der Waals surface area contributed by atoms with Gasteiger partial charge in [0.05, 0.1) is 5.39 Å². The molecule has 1 atom stereocenters. The summed E-state index contributed by atoms with van der Waals surface area (Å²) in [5, 5.41) is 1.20. The van der Waals surface area contributed by atoms with E-state index in [1.165, 1.54) is 48.2 Å². The van der Waals surface area contributed by atoms with Gasteiger partial charge in [-0.3, -0.25) is 0 Å². The third kappa shape index (κ3) is 2.90. The maximum absolute atomic E-state index is 4.75. The minimum Gasteiger partial charge on any atom is -0.355 e. The van der Waals surface area contributed by atoms with Crippen molar-refractivity contribution in [3.63, 3.8) is 0 Å². The van der Waals surface area contributed by atoms with Crippen molar-refractivity contribution in [2.24, 2.45) is 5.92 Å². The van der Waals surface area contributed by atoms with Crippen molar-refractivity contribution >= 4 is 27.4 Å². The number of piperidine rings is 1. The molecule has 0 bridgehead atoms. The molecular formula is C20H25N5S. The summed E-state index contributed by atoms with van der Waals surface area (Å²) in [6.45, 7) is 5.36. The lowest BCUT2D eigenvalue weighted by Crippen LogP contribution is -2.36. The molecule has 0 aromatic carbocycles. The van der Waals surface area contributed by atoms with Crippen molar-refractivity contribution in [1.29, 1.82) is 0 Å². The van der Waals surface area contributed by atoms with Gasteiger partial charge in [-0.25, -0.2) is 15.0 Å². The number of anilines is 1. The van der Waals surface area contributed by atoms with Crippen LogP contribution in [0.5, 0.6) is 0 Å². The smallest absolute Gasteiger partial charge is 0.140 e. The van der Waals surface area contributed by atoms with E-state index >= 15 is 0 Å². The monoisotopic (exact) mass is 367 g/mol. The predicted molar refractivity (Wildman–Crippen MR) is 106 cm³/mol. The van der Waals surface area contributed by atoms with Crippen LogP contribution in [0.15, 0.2) is 24.8 Å². The fourth-order valence-electron chi connectivity index (χ4n) is 4.38. The molecule has 0 radical (unpaired) electrons. The van der Waals surface area contributed by atoms with E-state index in [-0.39, 0.29) is 0 Å². The Kier molecular flexibility index (Phi) is 4.15. The molecule has 1 aliphatic carbocycles. The third-order valence-electron chi connectivity index (χ3n) is 5.94. The van der Waals surface area contributed by atoms with Gasteiger partial charge in [-0.15, -0.1) is 11.3 Å². The zero-order chi connectivity index (χ0) is 17.5. The number of aromatic nitrogens is 4. The second kappa shape index (κ2) is 6.65. The Bertz CT molecular complexity index is 910. The van der Waals surface area contributed by atoms with E-state index in [4.69, 9.17) is 4.98 Å². The molecule has 26 heavy (non-hydrogen) atoms. The van der Waals surface area contributed by atoms with Crippen LogP contribution >= 0.6 is 11.3 Å². The summed E-state index contributed by atoms with van der Waals surface area (Å²) in [5.74, 6) is 3.72. The minimum absolute atomic E-state index is 0.489. The highest BCUT2D eigenvalue weighted by molar-refractivity contribution is 7.18. The predicted octanol–water partition coefficient (Wildman–Crippen LogP) is 4.38. The maximum Gasteiger partial charge on any atom is 0.140 e. The average molecular weight is 368 g/mol. The van der Waals surface area contributed by atoms with Crippen molar-refractivity contribution in [1.82, 2.24) is 19.5 Å². The van der Waals surface area contributed by atoms with E-state index in [0.29, 0.717) is 5.92 Å². The fourth-order valence-corrected chi connectivity index (χ4v) is 5.23. The van der Waals surface area contributed by atoms with Gasteiger partial charge in [0.1, 0.15) is 22.8 Å². The summed E-state index contributed by atoms with van der Waals surface area (Å²) in [7, 11) is 0. The summed E-state index contributed by atoms with van der Waals surface area (Å²) in [6.07, 6.45) is 12.4. The van der Waals surface area contributed by atoms with Crippen LogP contribution in [-0.2, 0) is 6.54 Å². The number of imidazole rings is 1. The van der Waals surface area contributed by atoms with Crippen LogP contribution in [-0.4, -0.2) is 32.6 Å². The highest BCUT2D eigenvalue weighted by Gasteiger charge is 2.28. The maximum atomic E-state index is 4.75. The molecule has 2 fully saturated rings. The molecule has 3 aromatic heterocycles. The first-order chi connectivity index (χ1) is 12.8. The normalized spacial score (nSPS) is 21.3. The number of rotatable bonds is 4. The van der Waals surface area contributed by atoms with Crippen LogP contribution in [0, 0.1) is 12.8 Å². The van der Waals surface area contributed by atoms with Gasteiger partial charge >= 0.3 is 0 Å². The molecule has 3 aromatic rings. The van der Waals surface area contributed by atoms with Gasteiger partial charge in [0.2, 0.25) is 0 Å². The molecule has 0 spiro atoms. The van der Waals surface area contributed by atoms with Crippen LogP contribution in [0.1, 0.15) is 48.7 Å². The lowest BCUT2D eigenvalue weighted by Gasteiger charge is -2.34. The van der Waals surface area contributed by atoms with Crippen LogP contribution in [0.4, 0.5) is 5.82 Å². The summed E-state index contributed by atoms with van der Waals surface area (Å²) in [4.78, 5) is 18.7. The molecule has 4 heterocycles. The highest BCUT2D eigenvalue weighted by Crippen LogP contribution is 2.35. The Morgan fingerprint density at radius 2 is 2.08 bits per heavy atom. The van der Waals surface area contributed by atoms with Crippen LogP contribution < -0.4 is 4.90 Å². The minimum atomic E-state index is 0.489. The van der Waals surface area contributed by atoms with Crippen LogP contribution in [0.3, 0.4) is 0 Å². The second-order valence-electron chi connectivity index (χ2n) is 7.79. The quantitative estimate of drug-likeness (QED) is 0.686. The SMILES string of the molecule is Cc1cc2c(N3CCC[C@@H](c4nccn4CC4CCC4)C3)ncnc2s1. The van der Waals surface area contributed by atoms with E-state index in [9.17, 15) is 0 Å². The molecule has 2 aliphatic rings.